The molecule has 0 radical (unpaired) electrons. The van der Waals surface area contributed by atoms with Crippen molar-refractivity contribution in [3.8, 4) is 0 Å². The Morgan fingerprint density at radius 3 is 2.79 bits per heavy atom. The average molecular weight is 322 g/mol. The van der Waals surface area contributed by atoms with Gasteiger partial charge in [-0.1, -0.05) is 22.8 Å². The van der Waals surface area contributed by atoms with Gasteiger partial charge in [-0.25, -0.2) is 4.21 Å². The summed E-state index contributed by atoms with van der Waals surface area (Å²) < 4.78 is 20.0. The lowest BCUT2D eigenvalue weighted by Crippen LogP contribution is -2.09. The quantitative estimate of drug-likeness (QED) is 0.683. The summed E-state index contributed by atoms with van der Waals surface area (Å²) in [7, 11) is 0. The number of oxime groups is 1. The Hall–Kier alpha value is -0.950. The third-order valence-electron chi connectivity index (χ3n) is 2.61. The zero-order valence-corrected chi connectivity index (χ0v) is 11.9. The van der Waals surface area contributed by atoms with Gasteiger partial charge in [0.1, 0.15) is 6.61 Å². The van der Waals surface area contributed by atoms with Crippen LogP contribution >= 0.6 is 23.2 Å². The van der Waals surface area contributed by atoms with E-state index in [0.29, 0.717) is 29.9 Å². The zero-order valence-electron chi connectivity index (χ0n) is 9.56. The molecule has 1 atom stereocenters. The monoisotopic (exact) mass is 321 g/mol. The third-order valence-corrected chi connectivity index (χ3v) is 3.77. The zero-order chi connectivity index (χ0) is 14.0. The fourth-order valence-corrected chi connectivity index (χ4v) is 2.91. The summed E-state index contributed by atoms with van der Waals surface area (Å²) in [5.41, 5.74) is 1.66. The summed E-state index contributed by atoms with van der Waals surface area (Å²) in [6.07, 6.45) is 0.519. The number of nitrogens with zero attached hydrogens (tertiary/aromatic N) is 1. The number of rotatable bonds is 4. The first-order chi connectivity index (χ1) is 9.00. The minimum absolute atomic E-state index is 0.106. The van der Waals surface area contributed by atoms with Crippen LogP contribution in [0, 0.1) is 0 Å². The van der Waals surface area contributed by atoms with Crippen molar-refractivity contribution in [3.05, 3.63) is 33.8 Å². The van der Waals surface area contributed by atoms with Crippen LogP contribution in [0.1, 0.15) is 27.9 Å². The second-order valence-electron chi connectivity index (χ2n) is 3.82. The highest BCUT2D eigenvalue weighted by Crippen LogP contribution is 2.29. The molecule has 0 saturated carbocycles. The number of halogens is 2. The number of hydrogen-bond donors (Lipinski definition) is 1. The van der Waals surface area contributed by atoms with E-state index in [1.807, 2.05) is 0 Å². The molecule has 1 unspecified atom stereocenters. The lowest BCUT2D eigenvalue weighted by molar-refractivity contribution is 0.108. The van der Waals surface area contributed by atoms with Gasteiger partial charge >= 0.3 is 0 Å². The van der Waals surface area contributed by atoms with E-state index in [1.165, 1.54) is 6.07 Å². The number of benzene rings is 1. The highest BCUT2D eigenvalue weighted by Gasteiger charge is 2.22. The molecule has 1 aromatic rings. The summed E-state index contributed by atoms with van der Waals surface area (Å²) in [4.78, 5) is 16.2. The van der Waals surface area contributed by atoms with Gasteiger partial charge in [-0.15, -0.1) is 0 Å². The molecule has 1 N–H and O–H groups in total. The molecule has 0 saturated heterocycles. The number of carbonyl (C=O) groups is 1. The Bertz CT molecular complexity index is 588. The molecule has 1 heterocycles. The molecule has 5 nitrogen and oxygen atoms in total. The molecule has 0 bridgehead atoms. The Morgan fingerprint density at radius 2 is 2.26 bits per heavy atom. The summed E-state index contributed by atoms with van der Waals surface area (Å²) >= 11 is 9.57. The van der Waals surface area contributed by atoms with Crippen molar-refractivity contribution in [3.63, 3.8) is 0 Å². The highest BCUT2D eigenvalue weighted by atomic mass is 35.5. The van der Waals surface area contributed by atoms with Gasteiger partial charge in [0, 0.05) is 12.0 Å². The molecule has 0 spiro atoms. The second-order valence-corrected chi connectivity index (χ2v) is 5.47. The van der Waals surface area contributed by atoms with Crippen LogP contribution in [-0.4, -0.2) is 26.3 Å². The van der Waals surface area contributed by atoms with Gasteiger partial charge in [-0.2, -0.15) is 0 Å². The van der Waals surface area contributed by atoms with Gasteiger partial charge in [0.15, 0.2) is 11.1 Å². The van der Waals surface area contributed by atoms with Crippen LogP contribution in [0.3, 0.4) is 0 Å². The molecular formula is C11H9Cl2NO4S. The summed E-state index contributed by atoms with van der Waals surface area (Å²) in [5, 5.41) is 3.27. The van der Waals surface area contributed by atoms with Crippen LogP contribution < -0.4 is 0 Å². The Labute approximate surface area is 121 Å². The van der Waals surface area contributed by atoms with Gasteiger partial charge in [-0.3, -0.25) is 4.79 Å². The molecule has 1 aliphatic rings. The first kappa shape index (κ1) is 14.5. The lowest BCUT2D eigenvalue weighted by Gasteiger charge is -2.11. The highest BCUT2D eigenvalue weighted by molar-refractivity contribution is 7.78. The van der Waals surface area contributed by atoms with Crippen LogP contribution in [0.15, 0.2) is 17.3 Å². The molecule has 0 amide bonds. The lowest BCUT2D eigenvalue weighted by atomic mass is 9.99. The first-order valence-electron chi connectivity index (χ1n) is 5.28. The maximum Gasteiger partial charge on any atom is 0.253 e. The maximum atomic E-state index is 11.3. The molecule has 0 aliphatic carbocycles. The van der Waals surface area contributed by atoms with E-state index in [-0.39, 0.29) is 16.3 Å². The molecular weight excluding hydrogens is 313 g/mol. The Kier molecular flexibility index (Phi) is 4.57. The number of carbonyl (C=O) groups excluding carboxylic acids is 1. The Morgan fingerprint density at radius 1 is 1.53 bits per heavy atom. The summed E-state index contributed by atoms with van der Waals surface area (Å²) in [5.74, 6) is -0.106. The summed E-state index contributed by atoms with van der Waals surface area (Å²) in [6, 6.07) is 2.98. The van der Waals surface area contributed by atoms with Gasteiger partial charge < -0.3 is 9.39 Å². The largest absolute Gasteiger partial charge is 0.395 e. The van der Waals surface area contributed by atoms with Crippen LogP contribution in [-0.2, 0) is 21.7 Å². The van der Waals surface area contributed by atoms with E-state index in [9.17, 15) is 9.00 Å². The molecule has 0 aromatic heterocycles. The predicted octanol–water partition coefficient (Wildman–Crippen LogP) is 2.57. The molecule has 2 rings (SSSR count). The van der Waals surface area contributed by atoms with Crippen LogP contribution in [0.2, 0.25) is 5.02 Å². The van der Waals surface area contributed by atoms with Gasteiger partial charge in [0.05, 0.1) is 22.1 Å². The van der Waals surface area contributed by atoms with E-state index >= 15 is 0 Å². The Balaban J connectivity index is 2.58. The molecule has 8 heteroatoms. The van der Waals surface area contributed by atoms with Crippen molar-refractivity contribution in [2.24, 2.45) is 5.16 Å². The van der Waals surface area contributed by atoms with Gasteiger partial charge in [0.2, 0.25) is 0 Å². The van der Waals surface area contributed by atoms with Crippen LogP contribution in [0.25, 0.3) is 0 Å². The first-order valence-corrected chi connectivity index (χ1v) is 7.31. The van der Waals surface area contributed by atoms with E-state index < -0.39 is 16.3 Å². The fraction of sp³-hybridized carbons (Fsp3) is 0.273. The second kappa shape index (κ2) is 6.00. The normalized spacial score (nSPS) is 15.8. The van der Waals surface area contributed by atoms with Crippen molar-refractivity contribution >= 4 is 45.2 Å². The average Bonchev–Trinajstić information content (AvgIpc) is 2.81. The van der Waals surface area contributed by atoms with Crippen LogP contribution in [0.4, 0.5) is 0 Å². The minimum atomic E-state index is -2.02. The molecule has 102 valence electrons. The maximum absolute atomic E-state index is 11.3. The van der Waals surface area contributed by atoms with Crippen molar-refractivity contribution < 1.29 is 18.4 Å². The molecule has 1 aliphatic heterocycles. The van der Waals surface area contributed by atoms with E-state index in [1.54, 1.807) is 6.07 Å². The van der Waals surface area contributed by atoms with Crippen molar-refractivity contribution in [1.29, 1.82) is 0 Å². The molecule has 1 aromatic carbocycles. The standard InChI is InChI=1S/C11H9Cl2NO4S/c12-10-7(11(13)15)2-1-6(5-19(16)17)9(10)8-3-4-18-14-8/h1-2H,3-5H2,(H,16,17). The van der Waals surface area contributed by atoms with E-state index in [4.69, 9.17) is 32.6 Å². The van der Waals surface area contributed by atoms with Crippen molar-refractivity contribution in [2.75, 3.05) is 6.61 Å². The third kappa shape index (κ3) is 3.14. The van der Waals surface area contributed by atoms with E-state index in [2.05, 4.69) is 5.16 Å². The van der Waals surface area contributed by atoms with Gasteiger partial charge in [0.25, 0.3) is 5.24 Å². The fourth-order valence-electron chi connectivity index (χ4n) is 1.82. The molecule has 0 fully saturated rings. The topological polar surface area (TPSA) is 76.0 Å². The van der Waals surface area contributed by atoms with Crippen molar-refractivity contribution in [1.82, 2.24) is 0 Å². The minimum Gasteiger partial charge on any atom is -0.395 e. The van der Waals surface area contributed by atoms with Gasteiger partial charge in [-0.05, 0) is 23.2 Å². The predicted molar refractivity (Wildman–Crippen MR) is 73.2 cm³/mol. The smallest absolute Gasteiger partial charge is 0.253 e. The molecule has 19 heavy (non-hydrogen) atoms. The number of hydrogen-bond acceptors (Lipinski definition) is 4. The summed E-state index contributed by atoms with van der Waals surface area (Å²) in [6.45, 7) is 0.409. The van der Waals surface area contributed by atoms with Crippen molar-refractivity contribution in [2.45, 2.75) is 12.2 Å². The van der Waals surface area contributed by atoms with Crippen LogP contribution in [0.5, 0.6) is 0 Å². The SMILES string of the molecule is O=C(Cl)c1ccc(CS(=O)O)c(C2=NOCC2)c1Cl. The van der Waals surface area contributed by atoms with E-state index in [0.717, 1.165) is 0 Å².